The second-order valence-electron chi connectivity index (χ2n) is 3.02. The first-order valence-electron chi connectivity index (χ1n) is 4.24. The number of pyridine rings is 1. The van der Waals surface area contributed by atoms with Crippen LogP contribution in [0.15, 0.2) is 29.0 Å². The van der Waals surface area contributed by atoms with Crippen LogP contribution in [0.1, 0.15) is 0 Å². The first kappa shape index (κ1) is 9.87. The topological polar surface area (TPSA) is 35.1 Å². The molecule has 0 atom stereocenters. The predicted molar refractivity (Wildman–Crippen MR) is 60.4 cm³/mol. The Labute approximate surface area is 95.5 Å². The molecular weight excluding hydrogens is 256 g/mol. The quantitative estimate of drug-likeness (QED) is 0.741. The van der Waals surface area contributed by atoms with Gasteiger partial charge in [-0.15, -0.1) is 4.98 Å². The molecule has 2 aromatic rings. The van der Waals surface area contributed by atoms with E-state index in [1.165, 1.54) is 0 Å². The molecule has 0 aromatic carbocycles. The number of aryl methyl sites for hydroxylation is 1. The van der Waals surface area contributed by atoms with E-state index in [2.05, 4.69) is 30.9 Å². The molecule has 0 aliphatic heterocycles. The predicted octanol–water partition coefficient (Wildman–Crippen LogP) is 2.80. The second kappa shape index (κ2) is 3.83. The van der Waals surface area contributed by atoms with Crippen molar-refractivity contribution >= 4 is 21.7 Å². The third-order valence-electron chi connectivity index (χ3n) is 1.92. The maximum absolute atomic E-state index is 6.80. The molecule has 0 saturated carbocycles. The zero-order valence-electron chi connectivity index (χ0n) is 7.98. The fourth-order valence-corrected chi connectivity index (χ4v) is 1.85. The van der Waals surface area contributed by atoms with Crippen LogP contribution >= 0.6 is 15.9 Å². The normalized spacial score (nSPS) is 9.93. The van der Waals surface area contributed by atoms with Crippen LogP contribution in [-0.2, 0) is 7.05 Å². The Morgan fingerprint density at radius 2 is 2.27 bits per heavy atom. The minimum Gasteiger partial charge on any atom is -0.361 e. The monoisotopic (exact) mass is 262 g/mol. The minimum absolute atomic E-state index is 0.394. The molecule has 0 fully saturated rings. The Kier molecular flexibility index (Phi) is 2.52. The minimum atomic E-state index is 0.394. The highest BCUT2D eigenvalue weighted by atomic mass is 79.9. The molecule has 4 nitrogen and oxygen atoms in total. The van der Waals surface area contributed by atoms with Crippen LogP contribution in [0.2, 0.25) is 0 Å². The Balaban J connectivity index is 2.46. The van der Waals surface area contributed by atoms with Gasteiger partial charge in [0.15, 0.2) is 0 Å². The molecule has 15 heavy (non-hydrogen) atoms. The standard InChI is InChI=1S/C10H7BrN4/c1-12-9-4-3-7(5-13-9)10-8(11)6-15(2)14-10/h3-6H,2H3. The molecular formula is C10H7BrN4. The van der Waals surface area contributed by atoms with Gasteiger partial charge in [0, 0.05) is 18.8 Å². The molecule has 0 unspecified atom stereocenters. The van der Waals surface area contributed by atoms with Gasteiger partial charge < -0.3 is 4.85 Å². The molecule has 0 radical (unpaired) electrons. The lowest BCUT2D eigenvalue weighted by Crippen LogP contribution is -1.88. The summed E-state index contributed by atoms with van der Waals surface area (Å²) in [5.41, 5.74) is 1.73. The average molecular weight is 263 g/mol. The van der Waals surface area contributed by atoms with Crippen molar-refractivity contribution < 1.29 is 0 Å². The van der Waals surface area contributed by atoms with Gasteiger partial charge in [-0.2, -0.15) is 5.10 Å². The number of aromatic nitrogens is 3. The summed E-state index contributed by atoms with van der Waals surface area (Å²) in [6.07, 6.45) is 3.53. The molecule has 0 aliphatic carbocycles. The van der Waals surface area contributed by atoms with Gasteiger partial charge in [-0.05, 0) is 22.0 Å². The van der Waals surface area contributed by atoms with Crippen molar-refractivity contribution in [3.05, 3.63) is 40.4 Å². The van der Waals surface area contributed by atoms with E-state index in [1.54, 1.807) is 16.9 Å². The van der Waals surface area contributed by atoms with Gasteiger partial charge in [-0.25, -0.2) is 0 Å². The first-order chi connectivity index (χ1) is 7.20. The van der Waals surface area contributed by atoms with Gasteiger partial charge in [0.25, 0.3) is 5.82 Å². The van der Waals surface area contributed by atoms with E-state index in [0.29, 0.717) is 5.82 Å². The van der Waals surface area contributed by atoms with E-state index in [0.717, 1.165) is 15.7 Å². The summed E-state index contributed by atoms with van der Waals surface area (Å²) in [6, 6.07) is 3.52. The van der Waals surface area contributed by atoms with E-state index in [9.17, 15) is 0 Å². The number of hydrogen-bond donors (Lipinski definition) is 0. The van der Waals surface area contributed by atoms with Crippen molar-refractivity contribution in [1.29, 1.82) is 0 Å². The second-order valence-corrected chi connectivity index (χ2v) is 3.87. The molecule has 2 rings (SSSR count). The van der Waals surface area contributed by atoms with Gasteiger partial charge in [0.1, 0.15) is 11.9 Å². The lowest BCUT2D eigenvalue weighted by molar-refractivity contribution is 0.770. The third-order valence-corrected chi connectivity index (χ3v) is 2.50. The SMILES string of the molecule is [C-]#[N+]c1ccc(-c2nn(C)cc2Br)cn1. The number of nitrogens with zero attached hydrogens (tertiary/aromatic N) is 4. The average Bonchev–Trinajstić information content (AvgIpc) is 2.58. The summed E-state index contributed by atoms with van der Waals surface area (Å²) in [7, 11) is 1.86. The van der Waals surface area contributed by atoms with Gasteiger partial charge in [0.05, 0.1) is 4.47 Å². The number of rotatable bonds is 1. The highest BCUT2D eigenvalue weighted by Crippen LogP contribution is 2.26. The smallest absolute Gasteiger partial charge is 0.269 e. The van der Waals surface area contributed by atoms with Crippen LogP contribution in [-0.4, -0.2) is 14.8 Å². The Morgan fingerprint density at radius 3 is 2.73 bits per heavy atom. The van der Waals surface area contributed by atoms with Crippen molar-refractivity contribution in [3.8, 4) is 11.3 Å². The summed E-state index contributed by atoms with van der Waals surface area (Å²) >= 11 is 3.42. The molecule has 2 heterocycles. The maximum Gasteiger partial charge on any atom is 0.269 e. The summed E-state index contributed by atoms with van der Waals surface area (Å²) in [4.78, 5) is 7.23. The van der Waals surface area contributed by atoms with Crippen LogP contribution in [0.25, 0.3) is 16.1 Å². The molecule has 0 amide bonds. The maximum atomic E-state index is 6.80. The van der Waals surface area contributed by atoms with Crippen molar-refractivity contribution in [2.75, 3.05) is 0 Å². The molecule has 0 aliphatic rings. The van der Waals surface area contributed by atoms with Crippen molar-refractivity contribution in [2.24, 2.45) is 7.05 Å². The van der Waals surface area contributed by atoms with Gasteiger partial charge in [0.2, 0.25) is 0 Å². The zero-order chi connectivity index (χ0) is 10.8. The van der Waals surface area contributed by atoms with Crippen molar-refractivity contribution in [2.45, 2.75) is 0 Å². The molecule has 74 valence electrons. The van der Waals surface area contributed by atoms with E-state index < -0.39 is 0 Å². The van der Waals surface area contributed by atoms with Crippen LogP contribution in [0.4, 0.5) is 5.82 Å². The van der Waals surface area contributed by atoms with E-state index in [-0.39, 0.29) is 0 Å². The molecule has 0 bridgehead atoms. The Morgan fingerprint density at radius 1 is 1.47 bits per heavy atom. The molecule has 2 aromatic heterocycles. The van der Waals surface area contributed by atoms with E-state index >= 15 is 0 Å². The summed E-state index contributed by atoms with van der Waals surface area (Å²) in [6.45, 7) is 6.80. The summed E-state index contributed by atoms with van der Waals surface area (Å²) < 4.78 is 2.64. The van der Waals surface area contributed by atoms with Gasteiger partial charge >= 0.3 is 0 Å². The largest absolute Gasteiger partial charge is 0.361 e. The molecule has 0 N–H and O–H groups in total. The molecule has 5 heteroatoms. The fraction of sp³-hybridized carbons (Fsp3) is 0.100. The fourth-order valence-electron chi connectivity index (χ4n) is 1.25. The number of halogens is 1. The highest BCUT2D eigenvalue weighted by molar-refractivity contribution is 9.10. The summed E-state index contributed by atoms with van der Waals surface area (Å²) in [5.74, 6) is 0.394. The van der Waals surface area contributed by atoms with Crippen LogP contribution in [0, 0.1) is 6.57 Å². The lowest BCUT2D eigenvalue weighted by Gasteiger charge is -1.94. The van der Waals surface area contributed by atoms with Crippen LogP contribution in [0.3, 0.4) is 0 Å². The Hall–Kier alpha value is -1.67. The Bertz CT molecular complexity index is 521. The van der Waals surface area contributed by atoms with Crippen molar-refractivity contribution in [1.82, 2.24) is 14.8 Å². The lowest BCUT2D eigenvalue weighted by atomic mass is 10.2. The molecule has 0 saturated heterocycles. The van der Waals surface area contributed by atoms with Crippen LogP contribution in [0.5, 0.6) is 0 Å². The number of hydrogen-bond acceptors (Lipinski definition) is 2. The third kappa shape index (κ3) is 1.90. The summed E-state index contributed by atoms with van der Waals surface area (Å²) in [5, 5.41) is 4.29. The highest BCUT2D eigenvalue weighted by Gasteiger charge is 2.08. The van der Waals surface area contributed by atoms with Crippen LogP contribution < -0.4 is 0 Å². The zero-order valence-corrected chi connectivity index (χ0v) is 9.56. The molecule has 0 spiro atoms. The van der Waals surface area contributed by atoms with E-state index in [1.807, 2.05) is 19.3 Å². The first-order valence-corrected chi connectivity index (χ1v) is 5.03. The van der Waals surface area contributed by atoms with Gasteiger partial charge in [-0.3, -0.25) is 4.68 Å². The van der Waals surface area contributed by atoms with Crippen molar-refractivity contribution in [3.63, 3.8) is 0 Å². The van der Waals surface area contributed by atoms with Gasteiger partial charge in [-0.1, -0.05) is 12.6 Å². The van der Waals surface area contributed by atoms with E-state index in [4.69, 9.17) is 6.57 Å².